The van der Waals surface area contributed by atoms with Crippen LogP contribution in [0.4, 0.5) is 0 Å². The van der Waals surface area contributed by atoms with Gasteiger partial charge in [0, 0.05) is 0 Å². The van der Waals surface area contributed by atoms with Crippen molar-refractivity contribution in [3.8, 4) is 22.3 Å². The number of hydrogen-bond donors (Lipinski definition) is 0. The Morgan fingerprint density at radius 1 is 0.211 bits per heavy atom. The molecule has 0 aromatic heterocycles. The van der Waals surface area contributed by atoms with E-state index in [4.69, 9.17) is 0 Å². The quantitative estimate of drug-likeness (QED) is 0.217. The molecule has 9 rings (SSSR count). The summed E-state index contributed by atoms with van der Waals surface area (Å²) in [4.78, 5) is 0. The molecule has 0 unspecified atom stereocenters. The van der Waals surface area contributed by atoms with Gasteiger partial charge in [-0.05, 0) is 117 Å². The Bertz CT molecular complexity index is 2050. The Hall–Kier alpha value is -4.94. The summed E-state index contributed by atoms with van der Waals surface area (Å²) in [5.74, 6) is 0. The van der Waals surface area contributed by atoms with E-state index in [1.54, 1.807) is 0 Å². The van der Waals surface area contributed by atoms with Gasteiger partial charge in [-0.25, -0.2) is 0 Å². The molecule has 0 aliphatic heterocycles. The van der Waals surface area contributed by atoms with Gasteiger partial charge in [-0.2, -0.15) is 0 Å². The molecule has 0 saturated carbocycles. The number of benzene rings is 9. The van der Waals surface area contributed by atoms with Gasteiger partial charge in [0.05, 0.1) is 0 Å². The van der Waals surface area contributed by atoms with Crippen LogP contribution in [-0.2, 0) is 0 Å². The van der Waals surface area contributed by atoms with Crippen molar-refractivity contribution in [2.24, 2.45) is 0 Å². The molecule has 38 heavy (non-hydrogen) atoms. The zero-order chi connectivity index (χ0) is 24.8. The Kier molecular flexibility index (Phi) is 3.88. The SMILES string of the molecule is c1cc(-c2cc3ccc4cccc5ccc(c2)c3c45)cc(-c2cc3ccc4cccc5ccc(c2)c3c45)c1. The number of rotatable bonds is 2. The van der Waals surface area contributed by atoms with Crippen molar-refractivity contribution < 1.29 is 0 Å². The van der Waals surface area contributed by atoms with Crippen LogP contribution >= 0.6 is 0 Å². The van der Waals surface area contributed by atoms with Crippen LogP contribution in [0, 0.1) is 0 Å². The fourth-order valence-electron chi connectivity index (χ4n) is 6.72. The van der Waals surface area contributed by atoms with Gasteiger partial charge in [0.1, 0.15) is 0 Å². The Labute approximate surface area is 220 Å². The highest BCUT2D eigenvalue weighted by Crippen LogP contribution is 2.40. The average molecular weight is 479 g/mol. The van der Waals surface area contributed by atoms with Gasteiger partial charge in [0.25, 0.3) is 0 Å². The molecule has 0 aliphatic carbocycles. The Balaban J connectivity index is 1.23. The van der Waals surface area contributed by atoms with Crippen molar-refractivity contribution in [3.05, 3.63) is 133 Å². The topological polar surface area (TPSA) is 0 Å². The molecule has 0 amide bonds. The first-order valence-electron chi connectivity index (χ1n) is 13.3. The fourth-order valence-corrected chi connectivity index (χ4v) is 6.72. The highest BCUT2D eigenvalue weighted by molar-refractivity contribution is 6.25. The minimum atomic E-state index is 1.25. The Morgan fingerprint density at radius 2 is 0.500 bits per heavy atom. The normalized spacial score (nSPS) is 12.2. The lowest BCUT2D eigenvalue weighted by Crippen LogP contribution is -1.87. The molecule has 0 aliphatic rings. The maximum Gasteiger partial charge on any atom is -0.00264 e. The molecular weight excluding hydrogens is 456 g/mol. The van der Waals surface area contributed by atoms with E-state index >= 15 is 0 Å². The molecule has 0 nitrogen and oxygen atoms in total. The molecule has 9 aromatic carbocycles. The number of hydrogen-bond acceptors (Lipinski definition) is 0. The second kappa shape index (κ2) is 7.31. The smallest absolute Gasteiger partial charge is 0.00264 e. The van der Waals surface area contributed by atoms with E-state index in [9.17, 15) is 0 Å². The first-order valence-corrected chi connectivity index (χ1v) is 13.3. The molecule has 0 bridgehead atoms. The van der Waals surface area contributed by atoms with E-state index in [0.29, 0.717) is 0 Å². The summed E-state index contributed by atoms with van der Waals surface area (Å²) < 4.78 is 0. The molecule has 0 saturated heterocycles. The van der Waals surface area contributed by atoms with Gasteiger partial charge < -0.3 is 0 Å². The summed E-state index contributed by atoms with van der Waals surface area (Å²) in [5, 5.41) is 15.9. The highest BCUT2D eigenvalue weighted by Gasteiger charge is 2.12. The lowest BCUT2D eigenvalue weighted by atomic mass is 9.89. The molecule has 0 fully saturated rings. The molecule has 0 radical (unpaired) electrons. The molecule has 0 atom stereocenters. The van der Waals surface area contributed by atoms with Gasteiger partial charge in [-0.1, -0.05) is 103 Å². The molecule has 0 spiro atoms. The van der Waals surface area contributed by atoms with Gasteiger partial charge in [-0.15, -0.1) is 0 Å². The lowest BCUT2D eigenvalue weighted by molar-refractivity contribution is 1.63. The summed E-state index contributed by atoms with van der Waals surface area (Å²) in [6.45, 7) is 0. The second-order valence-electron chi connectivity index (χ2n) is 10.6. The third-order valence-corrected chi connectivity index (χ3v) is 8.46. The molecule has 0 N–H and O–H groups in total. The first-order chi connectivity index (χ1) is 18.8. The highest BCUT2D eigenvalue weighted by atomic mass is 14.2. The zero-order valence-corrected chi connectivity index (χ0v) is 20.7. The van der Waals surface area contributed by atoms with E-state index in [0.717, 1.165) is 0 Å². The summed E-state index contributed by atoms with van der Waals surface area (Å²) in [6, 6.07) is 49.7. The summed E-state index contributed by atoms with van der Waals surface area (Å²) in [5.41, 5.74) is 5.02. The second-order valence-corrected chi connectivity index (χ2v) is 10.6. The molecule has 0 heteroatoms. The van der Waals surface area contributed by atoms with Crippen LogP contribution in [-0.4, -0.2) is 0 Å². The maximum absolute atomic E-state index is 2.36. The van der Waals surface area contributed by atoms with Crippen LogP contribution in [0.3, 0.4) is 0 Å². The Morgan fingerprint density at radius 3 is 0.868 bits per heavy atom. The van der Waals surface area contributed by atoms with Crippen LogP contribution in [0.25, 0.3) is 86.9 Å². The summed E-state index contributed by atoms with van der Waals surface area (Å²) in [7, 11) is 0. The minimum Gasteiger partial charge on any atom is -0.0610 e. The van der Waals surface area contributed by atoms with Crippen LogP contribution in [0.2, 0.25) is 0 Å². The van der Waals surface area contributed by atoms with Crippen molar-refractivity contribution in [3.63, 3.8) is 0 Å². The third kappa shape index (κ3) is 2.75. The standard InChI is InChI=1S/C38H22/c1-4-23-10-14-29-19-33(20-30-15-11-24(5-1)35(23)37(29)30)27-8-3-9-28(18-27)34-21-31-16-12-25-6-2-7-26-13-17-32(22-34)38(31)36(25)26/h1-22H. The molecule has 174 valence electrons. The lowest BCUT2D eigenvalue weighted by Gasteiger charge is -2.14. The van der Waals surface area contributed by atoms with Gasteiger partial charge in [-0.3, -0.25) is 0 Å². The maximum atomic E-state index is 2.36. The van der Waals surface area contributed by atoms with Gasteiger partial charge >= 0.3 is 0 Å². The van der Waals surface area contributed by atoms with E-state index in [2.05, 4.69) is 133 Å². The van der Waals surface area contributed by atoms with E-state index in [-0.39, 0.29) is 0 Å². The molecule has 9 aromatic rings. The zero-order valence-electron chi connectivity index (χ0n) is 20.7. The van der Waals surface area contributed by atoms with Crippen molar-refractivity contribution in [1.82, 2.24) is 0 Å². The third-order valence-electron chi connectivity index (χ3n) is 8.46. The van der Waals surface area contributed by atoms with Crippen molar-refractivity contribution in [2.75, 3.05) is 0 Å². The van der Waals surface area contributed by atoms with Crippen molar-refractivity contribution in [1.29, 1.82) is 0 Å². The van der Waals surface area contributed by atoms with E-state index < -0.39 is 0 Å². The van der Waals surface area contributed by atoms with E-state index in [1.165, 1.54) is 86.9 Å². The first kappa shape index (κ1) is 20.2. The monoisotopic (exact) mass is 478 g/mol. The average Bonchev–Trinajstić information content (AvgIpc) is 2.98. The van der Waals surface area contributed by atoms with Gasteiger partial charge in [0.2, 0.25) is 0 Å². The van der Waals surface area contributed by atoms with Gasteiger partial charge in [0.15, 0.2) is 0 Å². The largest absolute Gasteiger partial charge is 0.0610 e. The van der Waals surface area contributed by atoms with E-state index in [1.807, 2.05) is 0 Å². The van der Waals surface area contributed by atoms with Crippen LogP contribution in [0.5, 0.6) is 0 Å². The predicted octanol–water partition coefficient (Wildman–Crippen LogP) is 10.8. The van der Waals surface area contributed by atoms with Crippen molar-refractivity contribution >= 4 is 64.6 Å². The van der Waals surface area contributed by atoms with Crippen LogP contribution in [0.15, 0.2) is 133 Å². The fraction of sp³-hybridized carbons (Fsp3) is 0. The van der Waals surface area contributed by atoms with Crippen LogP contribution in [0.1, 0.15) is 0 Å². The predicted molar refractivity (Wildman–Crippen MR) is 165 cm³/mol. The summed E-state index contributed by atoms with van der Waals surface area (Å²) in [6.07, 6.45) is 0. The van der Waals surface area contributed by atoms with Crippen LogP contribution < -0.4 is 0 Å². The molecule has 0 heterocycles. The summed E-state index contributed by atoms with van der Waals surface area (Å²) >= 11 is 0. The minimum absolute atomic E-state index is 1.25. The van der Waals surface area contributed by atoms with Crippen molar-refractivity contribution in [2.45, 2.75) is 0 Å². The molecular formula is C38H22.